The highest BCUT2D eigenvalue weighted by atomic mass is 19.1. The van der Waals surface area contributed by atoms with E-state index in [9.17, 15) is 9.18 Å². The van der Waals surface area contributed by atoms with Crippen LogP contribution < -0.4 is 0 Å². The Morgan fingerprint density at radius 2 is 1.56 bits per heavy atom. The van der Waals surface area contributed by atoms with E-state index >= 15 is 0 Å². The van der Waals surface area contributed by atoms with Crippen LogP contribution in [0.3, 0.4) is 0 Å². The van der Waals surface area contributed by atoms with E-state index in [1.807, 2.05) is 12.1 Å². The average molecular weight is 214 g/mol. The zero-order chi connectivity index (χ0) is 11.4. The first-order chi connectivity index (χ1) is 7.81. The summed E-state index contributed by atoms with van der Waals surface area (Å²) in [6, 6.07) is 13.8. The van der Waals surface area contributed by atoms with Gasteiger partial charge in [0.2, 0.25) is 0 Å². The van der Waals surface area contributed by atoms with E-state index in [0.29, 0.717) is 17.5 Å². The van der Waals surface area contributed by atoms with Crippen LogP contribution in [0.2, 0.25) is 0 Å². The molecule has 0 heterocycles. The first-order valence-electron chi connectivity index (χ1n) is 5.08. The van der Waals surface area contributed by atoms with Gasteiger partial charge in [0, 0.05) is 12.0 Å². The molecule has 0 aliphatic heterocycles. The molecule has 2 aromatic rings. The maximum absolute atomic E-state index is 13.4. The predicted molar refractivity (Wildman–Crippen MR) is 61.0 cm³/mol. The molecule has 0 saturated heterocycles. The molecule has 0 radical (unpaired) electrons. The summed E-state index contributed by atoms with van der Waals surface area (Å²) >= 11 is 0. The number of carbonyl (C=O) groups is 1. The SMILES string of the molecule is O=Cc1ccccc1Cc1ccccc1F. The quantitative estimate of drug-likeness (QED) is 0.717. The highest BCUT2D eigenvalue weighted by Gasteiger charge is 2.05. The molecule has 0 aromatic heterocycles. The molecule has 2 aromatic carbocycles. The van der Waals surface area contributed by atoms with Crippen molar-refractivity contribution in [3.63, 3.8) is 0 Å². The summed E-state index contributed by atoms with van der Waals surface area (Å²) < 4.78 is 13.4. The van der Waals surface area contributed by atoms with E-state index in [0.717, 1.165) is 11.8 Å². The Bertz CT molecular complexity index is 506. The number of carbonyl (C=O) groups excluding carboxylic acids is 1. The van der Waals surface area contributed by atoms with Crippen molar-refractivity contribution in [1.82, 2.24) is 0 Å². The number of hydrogen-bond donors (Lipinski definition) is 0. The molecule has 0 fully saturated rings. The van der Waals surface area contributed by atoms with E-state index < -0.39 is 0 Å². The Kier molecular flexibility index (Phi) is 3.10. The molecule has 0 bridgehead atoms. The van der Waals surface area contributed by atoms with E-state index in [4.69, 9.17) is 0 Å². The van der Waals surface area contributed by atoms with E-state index in [-0.39, 0.29) is 5.82 Å². The number of rotatable bonds is 3. The van der Waals surface area contributed by atoms with Gasteiger partial charge < -0.3 is 0 Å². The number of benzene rings is 2. The van der Waals surface area contributed by atoms with Gasteiger partial charge >= 0.3 is 0 Å². The van der Waals surface area contributed by atoms with Crippen LogP contribution in [0.25, 0.3) is 0 Å². The lowest BCUT2D eigenvalue weighted by Crippen LogP contribution is -1.96. The number of aldehydes is 1. The number of halogens is 1. The molecular formula is C14H11FO. The van der Waals surface area contributed by atoms with Crippen LogP contribution in [-0.4, -0.2) is 6.29 Å². The van der Waals surface area contributed by atoms with Crippen LogP contribution in [-0.2, 0) is 6.42 Å². The van der Waals surface area contributed by atoms with Crippen molar-refractivity contribution >= 4 is 6.29 Å². The van der Waals surface area contributed by atoms with Gasteiger partial charge in [-0.3, -0.25) is 4.79 Å². The Balaban J connectivity index is 2.34. The Labute approximate surface area is 93.5 Å². The lowest BCUT2D eigenvalue weighted by molar-refractivity contribution is 0.112. The van der Waals surface area contributed by atoms with E-state index in [1.165, 1.54) is 6.07 Å². The Hall–Kier alpha value is -1.96. The van der Waals surface area contributed by atoms with Gasteiger partial charge in [-0.05, 0) is 17.2 Å². The molecule has 0 N–H and O–H groups in total. The highest BCUT2D eigenvalue weighted by molar-refractivity contribution is 5.77. The minimum absolute atomic E-state index is 0.233. The third-order valence-electron chi connectivity index (χ3n) is 2.52. The van der Waals surface area contributed by atoms with Gasteiger partial charge in [0.25, 0.3) is 0 Å². The summed E-state index contributed by atoms with van der Waals surface area (Å²) in [6.45, 7) is 0. The highest BCUT2D eigenvalue weighted by Crippen LogP contribution is 2.15. The molecule has 0 spiro atoms. The normalized spacial score (nSPS) is 10.1. The van der Waals surface area contributed by atoms with Crippen molar-refractivity contribution < 1.29 is 9.18 Å². The third kappa shape index (κ3) is 2.16. The van der Waals surface area contributed by atoms with E-state index in [1.54, 1.807) is 30.3 Å². The standard InChI is InChI=1S/C14H11FO/c15-14-8-4-3-6-12(14)9-11-5-1-2-7-13(11)10-16/h1-8,10H,9H2. The maximum Gasteiger partial charge on any atom is 0.150 e. The minimum Gasteiger partial charge on any atom is -0.298 e. The average Bonchev–Trinajstić information content (AvgIpc) is 2.33. The minimum atomic E-state index is -0.233. The Morgan fingerprint density at radius 3 is 2.25 bits per heavy atom. The van der Waals surface area contributed by atoms with Gasteiger partial charge in [-0.15, -0.1) is 0 Å². The maximum atomic E-state index is 13.4. The van der Waals surface area contributed by atoms with Crippen LogP contribution in [0.1, 0.15) is 21.5 Å². The van der Waals surface area contributed by atoms with Gasteiger partial charge in [0.15, 0.2) is 0 Å². The van der Waals surface area contributed by atoms with Crippen molar-refractivity contribution in [2.45, 2.75) is 6.42 Å². The second kappa shape index (κ2) is 4.71. The second-order valence-corrected chi connectivity index (χ2v) is 3.58. The largest absolute Gasteiger partial charge is 0.298 e. The summed E-state index contributed by atoms with van der Waals surface area (Å²) in [5.41, 5.74) is 2.07. The summed E-state index contributed by atoms with van der Waals surface area (Å²) in [5, 5.41) is 0. The van der Waals surface area contributed by atoms with Crippen molar-refractivity contribution in [1.29, 1.82) is 0 Å². The summed E-state index contributed by atoms with van der Waals surface area (Å²) in [7, 11) is 0. The molecule has 0 amide bonds. The lowest BCUT2D eigenvalue weighted by atomic mass is 10.0. The van der Waals surface area contributed by atoms with Gasteiger partial charge in [-0.1, -0.05) is 42.5 Å². The van der Waals surface area contributed by atoms with Crippen LogP contribution in [0.15, 0.2) is 48.5 Å². The molecule has 0 atom stereocenters. The zero-order valence-electron chi connectivity index (χ0n) is 8.69. The fourth-order valence-electron chi connectivity index (χ4n) is 1.66. The fourth-order valence-corrected chi connectivity index (χ4v) is 1.66. The van der Waals surface area contributed by atoms with Crippen molar-refractivity contribution in [3.05, 3.63) is 71.0 Å². The second-order valence-electron chi connectivity index (χ2n) is 3.58. The van der Waals surface area contributed by atoms with Crippen LogP contribution in [0.5, 0.6) is 0 Å². The molecule has 80 valence electrons. The molecule has 0 unspecified atom stereocenters. The smallest absolute Gasteiger partial charge is 0.150 e. The van der Waals surface area contributed by atoms with Crippen LogP contribution >= 0.6 is 0 Å². The predicted octanol–water partition coefficient (Wildman–Crippen LogP) is 3.23. The van der Waals surface area contributed by atoms with Crippen LogP contribution in [0, 0.1) is 5.82 Å². The monoisotopic (exact) mass is 214 g/mol. The van der Waals surface area contributed by atoms with Gasteiger partial charge in [-0.2, -0.15) is 0 Å². The third-order valence-corrected chi connectivity index (χ3v) is 2.52. The molecule has 0 aliphatic rings. The molecule has 16 heavy (non-hydrogen) atoms. The lowest BCUT2D eigenvalue weighted by Gasteiger charge is -2.05. The van der Waals surface area contributed by atoms with E-state index in [2.05, 4.69) is 0 Å². The topological polar surface area (TPSA) is 17.1 Å². The van der Waals surface area contributed by atoms with Crippen molar-refractivity contribution in [2.24, 2.45) is 0 Å². The Morgan fingerprint density at radius 1 is 0.938 bits per heavy atom. The molecule has 0 saturated carbocycles. The zero-order valence-corrected chi connectivity index (χ0v) is 8.69. The van der Waals surface area contributed by atoms with Crippen molar-refractivity contribution in [2.75, 3.05) is 0 Å². The molecule has 0 aliphatic carbocycles. The first kappa shape index (κ1) is 10.6. The first-order valence-corrected chi connectivity index (χ1v) is 5.08. The fraction of sp³-hybridized carbons (Fsp3) is 0.0714. The summed E-state index contributed by atoms with van der Waals surface area (Å²) in [6.07, 6.45) is 1.25. The van der Waals surface area contributed by atoms with Crippen LogP contribution in [0.4, 0.5) is 4.39 Å². The molecule has 1 nitrogen and oxygen atoms in total. The summed E-state index contributed by atoms with van der Waals surface area (Å²) in [5.74, 6) is -0.233. The molecule has 2 rings (SSSR count). The van der Waals surface area contributed by atoms with Gasteiger partial charge in [0.1, 0.15) is 12.1 Å². The van der Waals surface area contributed by atoms with Gasteiger partial charge in [0.05, 0.1) is 0 Å². The van der Waals surface area contributed by atoms with Gasteiger partial charge in [-0.25, -0.2) is 4.39 Å². The van der Waals surface area contributed by atoms with Crippen molar-refractivity contribution in [3.8, 4) is 0 Å². The molecule has 2 heteroatoms. The summed E-state index contributed by atoms with van der Waals surface area (Å²) in [4.78, 5) is 10.8. The number of hydrogen-bond acceptors (Lipinski definition) is 1. The molecular weight excluding hydrogens is 203 g/mol.